The molecule has 1 saturated carbocycles. The number of aliphatic hydroxyl groups excluding tert-OH is 2. The van der Waals surface area contributed by atoms with Crippen molar-refractivity contribution < 1.29 is 34.1 Å². The van der Waals surface area contributed by atoms with Gasteiger partial charge in [0.25, 0.3) is 0 Å². The zero-order valence-corrected chi connectivity index (χ0v) is 44.5. The number of benzene rings is 5. The van der Waals surface area contributed by atoms with Crippen molar-refractivity contribution in [1.29, 1.82) is 0 Å². The smallest absolute Gasteiger partial charge is 0.239 e. The first-order valence-corrected chi connectivity index (χ1v) is 28.0. The Balaban J connectivity index is 1.29. The fourth-order valence-corrected chi connectivity index (χ4v) is 12.1. The summed E-state index contributed by atoms with van der Waals surface area (Å²) < 4.78 is 21.8. The van der Waals surface area contributed by atoms with E-state index in [-0.39, 0.29) is 50.1 Å². The Bertz CT molecular complexity index is 2660. The molecule has 0 aromatic heterocycles. The summed E-state index contributed by atoms with van der Waals surface area (Å²) in [5.41, 5.74) is 7.23. The SMILES string of the molecule is C=CCO[C@@]12Oc3ccc(Oc4ccc(C)c(C)c4)cc3[C@H]3[C@H](CCCCO)[C@@H](CCCCO)C=C(C(=NOCc4ccccc4)C[C@@H]1N(Cc1cccc4ccccc14)C(=O)CCCCCCCCCCC)[C@H]32. The van der Waals surface area contributed by atoms with Crippen molar-refractivity contribution in [2.45, 2.75) is 161 Å². The first-order valence-electron chi connectivity index (χ1n) is 28.0. The molecule has 1 aliphatic heterocycles. The first-order chi connectivity index (χ1) is 36.3. The van der Waals surface area contributed by atoms with Crippen molar-refractivity contribution in [1.82, 2.24) is 4.90 Å². The van der Waals surface area contributed by atoms with Crippen LogP contribution in [0.1, 0.15) is 150 Å². The van der Waals surface area contributed by atoms with Gasteiger partial charge in [-0.05, 0) is 127 Å². The topological polar surface area (TPSA) is 110 Å². The third-order valence-corrected chi connectivity index (χ3v) is 16.0. The molecule has 0 bridgehead atoms. The highest BCUT2D eigenvalue weighted by Crippen LogP contribution is 2.62. The minimum atomic E-state index is -1.38. The summed E-state index contributed by atoms with van der Waals surface area (Å²) in [5, 5.41) is 27.6. The van der Waals surface area contributed by atoms with Gasteiger partial charge in [0, 0.05) is 44.1 Å². The minimum absolute atomic E-state index is 0.0599. The molecule has 1 heterocycles. The molecule has 5 aromatic rings. The summed E-state index contributed by atoms with van der Waals surface area (Å²) >= 11 is 0. The van der Waals surface area contributed by atoms with E-state index < -0.39 is 17.7 Å². The molecule has 0 spiro atoms. The van der Waals surface area contributed by atoms with Crippen LogP contribution in [0.3, 0.4) is 0 Å². The number of carbonyl (C=O) groups is 1. The van der Waals surface area contributed by atoms with Crippen LogP contribution in [-0.2, 0) is 27.5 Å². The number of hydrogen-bond acceptors (Lipinski definition) is 8. The number of allylic oxidation sites excluding steroid dienone is 1. The fraction of sp³-hybridized carbons (Fsp3) is 0.477. The molecule has 394 valence electrons. The van der Waals surface area contributed by atoms with E-state index in [0.717, 1.165) is 95.0 Å². The zero-order chi connectivity index (χ0) is 51.7. The summed E-state index contributed by atoms with van der Waals surface area (Å²) in [6.07, 6.45) is 20.1. The standard InChI is InChI=1S/C65H82N2O7/c1-5-7-8-9-10-11-12-13-17-33-62(70)67(45-52-30-24-29-50-27-18-19-31-55(50)52)61-44-59(66-72-46-49-25-15-14-16-26-49)57-42-51(28-20-22-38-68)56(32-21-23-39-69)63-58-43-54(73-53-35-34-47(3)48(4)41-53)36-37-60(58)74-65(61,64(57)63)71-40-6-2/h6,14-16,18-19,24-27,29-31,34-37,41-43,51,56,61,63-64,68-69H,2,5,7-13,17,20-23,28,32-33,38-40,44-46H2,1,3-4H3/t51-,56+,61-,63+,64+,65+/m0/s1. The van der Waals surface area contributed by atoms with Gasteiger partial charge in [0.2, 0.25) is 11.7 Å². The maximum absolute atomic E-state index is 15.6. The predicted octanol–water partition coefficient (Wildman–Crippen LogP) is 15.0. The van der Waals surface area contributed by atoms with Crippen molar-refractivity contribution >= 4 is 22.4 Å². The van der Waals surface area contributed by atoms with Crippen molar-refractivity contribution in [3.8, 4) is 17.2 Å². The number of unbranched alkanes of at least 4 members (excludes halogenated alkanes) is 10. The summed E-state index contributed by atoms with van der Waals surface area (Å²) in [5.74, 6) is 0.407. The van der Waals surface area contributed by atoms with Gasteiger partial charge in [0.05, 0.1) is 18.2 Å². The van der Waals surface area contributed by atoms with Gasteiger partial charge in [-0.1, -0.05) is 167 Å². The van der Waals surface area contributed by atoms with E-state index in [9.17, 15) is 10.2 Å². The lowest BCUT2D eigenvalue weighted by Gasteiger charge is -2.60. The number of fused-ring (bicyclic) bond motifs is 3. The second-order valence-electron chi connectivity index (χ2n) is 21.1. The molecule has 8 rings (SSSR count). The van der Waals surface area contributed by atoms with Gasteiger partial charge in [-0.15, -0.1) is 6.58 Å². The van der Waals surface area contributed by atoms with Gasteiger partial charge < -0.3 is 34.2 Å². The van der Waals surface area contributed by atoms with Crippen LogP contribution in [-0.4, -0.2) is 58.4 Å². The average Bonchev–Trinajstić information content (AvgIpc) is 3.45. The highest BCUT2D eigenvalue weighted by molar-refractivity contribution is 6.03. The molecular weight excluding hydrogens is 921 g/mol. The Hall–Kier alpha value is -5.74. The van der Waals surface area contributed by atoms with Crippen LogP contribution in [0, 0.1) is 31.6 Å². The van der Waals surface area contributed by atoms with Gasteiger partial charge in [-0.2, -0.15) is 0 Å². The second kappa shape index (κ2) is 27.2. The van der Waals surface area contributed by atoms with E-state index in [1.165, 1.54) is 44.1 Å². The Labute approximate surface area is 441 Å². The van der Waals surface area contributed by atoms with E-state index in [1.807, 2.05) is 48.5 Å². The molecule has 9 heteroatoms. The van der Waals surface area contributed by atoms with Gasteiger partial charge in [0.15, 0.2) is 0 Å². The largest absolute Gasteiger partial charge is 0.459 e. The molecule has 0 radical (unpaired) electrons. The molecule has 0 unspecified atom stereocenters. The lowest BCUT2D eigenvalue weighted by atomic mass is 9.55. The third-order valence-electron chi connectivity index (χ3n) is 16.0. The van der Waals surface area contributed by atoms with Gasteiger partial charge >= 0.3 is 0 Å². The van der Waals surface area contributed by atoms with E-state index in [4.69, 9.17) is 24.2 Å². The molecule has 9 nitrogen and oxygen atoms in total. The van der Waals surface area contributed by atoms with E-state index >= 15 is 4.79 Å². The van der Waals surface area contributed by atoms with Crippen molar-refractivity contribution in [2.75, 3.05) is 19.8 Å². The summed E-state index contributed by atoms with van der Waals surface area (Å²) in [4.78, 5) is 24.1. The number of aryl methyl sites for hydroxylation is 2. The highest BCUT2D eigenvalue weighted by atomic mass is 16.7. The van der Waals surface area contributed by atoms with Crippen LogP contribution < -0.4 is 9.47 Å². The molecule has 6 atom stereocenters. The number of oxime groups is 1. The number of hydrogen-bond donors (Lipinski definition) is 2. The highest BCUT2D eigenvalue weighted by Gasteiger charge is 2.65. The summed E-state index contributed by atoms with van der Waals surface area (Å²) in [6, 6.07) is 36.6. The quantitative estimate of drug-likeness (QED) is 0.0279. The molecule has 2 aliphatic carbocycles. The molecule has 74 heavy (non-hydrogen) atoms. The third kappa shape index (κ3) is 13.2. The molecule has 5 aromatic carbocycles. The van der Waals surface area contributed by atoms with Crippen LogP contribution in [0.2, 0.25) is 0 Å². The van der Waals surface area contributed by atoms with E-state index in [0.29, 0.717) is 43.7 Å². The average molecular weight is 1000 g/mol. The molecule has 0 saturated heterocycles. The number of amides is 1. The summed E-state index contributed by atoms with van der Waals surface area (Å²) in [6.45, 7) is 11.7. The number of ether oxygens (including phenoxy) is 3. The van der Waals surface area contributed by atoms with Crippen molar-refractivity contribution in [3.05, 3.63) is 161 Å². The van der Waals surface area contributed by atoms with E-state index in [2.05, 4.69) is 99.0 Å². The maximum atomic E-state index is 15.6. The molecule has 1 fully saturated rings. The molecule has 3 aliphatic rings. The predicted molar refractivity (Wildman–Crippen MR) is 299 cm³/mol. The lowest BCUT2D eigenvalue weighted by Crippen LogP contribution is -2.70. The Morgan fingerprint density at radius 2 is 1.49 bits per heavy atom. The van der Waals surface area contributed by atoms with Crippen LogP contribution in [0.25, 0.3) is 10.8 Å². The molecule has 1 amide bonds. The number of carbonyl (C=O) groups excluding carboxylic acids is 1. The van der Waals surface area contributed by atoms with Crippen LogP contribution in [0.4, 0.5) is 0 Å². The van der Waals surface area contributed by atoms with Crippen molar-refractivity contribution in [3.63, 3.8) is 0 Å². The number of rotatable bonds is 29. The van der Waals surface area contributed by atoms with Gasteiger partial charge in [0.1, 0.15) is 29.9 Å². The van der Waals surface area contributed by atoms with Crippen LogP contribution in [0.15, 0.2) is 139 Å². The first kappa shape index (κ1) is 54.5. The Morgan fingerprint density at radius 1 is 0.784 bits per heavy atom. The monoisotopic (exact) mass is 1000 g/mol. The van der Waals surface area contributed by atoms with Gasteiger partial charge in [-0.25, -0.2) is 0 Å². The Kier molecular flexibility index (Phi) is 20.0. The zero-order valence-electron chi connectivity index (χ0n) is 44.5. The maximum Gasteiger partial charge on any atom is 0.239 e. The van der Waals surface area contributed by atoms with E-state index in [1.54, 1.807) is 6.08 Å². The molecule has 2 N–H and O–H groups in total. The number of nitrogens with zero attached hydrogens (tertiary/aromatic N) is 2. The normalized spacial score (nSPS) is 21.3. The minimum Gasteiger partial charge on any atom is -0.459 e. The van der Waals surface area contributed by atoms with Crippen LogP contribution in [0.5, 0.6) is 17.2 Å². The van der Waals surface area contributed by atoms with Crippen LogP contribution >= 0.6 is 0 Å². The van der Waals surface area contributed by atoms with Gasteiger partial charge in [-0.3, -0.25) is 4.79 Å². The Morgan fingerprint density at radius 3 is 2.24 bits per heavy atom. The second-order valence-corrected chi connectivity index (χ2v) is 21.1. The van der Waals surface area contributed by atoms with Crippen molar-refractivity contribution in [2.24, 2.45) is 22.9 Å². The molecular formula is C65H82N2O7. The lowest BCUT2D eigenvalue weighted by molar-refractivity contribution is -0.258. The number of aliphatic hydroxyl groups is 2. The summed E-state index contributed by atoms with van der Waals surface area (Å²) in [7, 11) is 0. The fourth-order valence-electron chi connectivity index (χ4n) is 12.1.